The summed E-state index contributed by atoms with van der Waals surface area (Å²) in [6, 6.07) is 22.7. The monoisotopic (exact) mass is 515 g/mol. The summed E-state index contributed by atoms with van der Waals surface area (Å²) in [6.07, 6.45) is 2.04. The number of thioether (sulfide) groups is 1. The molecule has 0 bridgehead atoms. The van der Waals surface area contributed by atoms with Crippen molar-refractivity contribution in [2.75, 3.05) is 19.3 Å². The lowest BCUT2D eigenvalue weighted by atomic mass is 9.82. The Kier molecular flexibility index (Phi) is 8.25. The van der Waals surface area contributed by atoms with Crippen molar-refractivity contribution in [2.45, 2.75) is 57.6 Å². The number of ketones is 2. The summed E-state index contributed by atoms with van der Waals surface area (Å²) in [5.74, 6) is 0.868. The topological polar surface area (TPSA) is 46.6 Å². The Morgan fingerprint density at radius 3 is 2.16 bits per heavy atom. The third kappa shape index (κ3) is 6.16. The Bertz CT molecular complexity index is 1240. The van der Waals surface area contributed by atoms with E-state index in [2.05, 4.69) is 41.3 Å². The molecule has 0 aliphatic carbocycles. The minimum atomic E-state index is -0.891. The molecule has 2 unspecified atom stereocenters. The van der Waals surface area contributed by atoms with Crippen LogP contribution in [-0.2, 0) is 11.3 Å². The number of nitrogens with zero attached hydrogens (tertiary/aromatic N) is 1. The van der Waals surface area contributed by atoms with E-state index in [1.807, 2.05) is 50.4 Å². The van der Waals surface area contributed by atoms with Gasteiger partial charge in [-0.25, -0.2) is 0 Å². The van der Waals surface area contributed by atoms with E-state index in [1.54, 1.807) is 32.5 Å². The zero-order chi connectivity index (χ0) is 26.7. The van der Waals surface area contributed by atoms with Crippen LogP contribution in [0.4, 0.5) is 0 Å². The van der Waals surface area contributed by atoms with Gasteiger partial charge >= 0.3 is 0 Å². The van der Waals surface area contributed by atoms with Crippen LogP contribution < -0.4 is 4.74 Å². The van der Waals surface area contributed by atoms with E-state index in [0.29, 0.717) is 0 Å². The van der Waals surface area contributed by atoms with E-state index in [0.717, 1.165) is 52.5 Å². The van der Waals surface area contributed by atoms with Gasteiger partial charge in [-0.15, -0.1) is 11.8 Å². The van der Waals surface area contributed by atoms with Crippen molar-refractivity contribution in [3.8, 4) is 5.75 Å². The summed E-state index contributed by atoms with van der Waals surface area (Å²) in [7, 11) is 0. The fourth-order valence-corrected chi connectivity index (χ4v) is 5.52. The number of Topliss-reactive ketones (excluding diaryl/α,β-unsaturated/α-hetero) is 2. The Labute approximate surface area is 225 Å². The lowest BCUT2D eigenvalue weighted by molar-refractivity contribution is -0.129. The molecule has 2 atom stereocenters. The van der Waals surface area contributed by atoms with E-state index in [4.69, 9.17) is 4.74 Å². The van der Waals surface area contributed by atoms with E-state index in [-0.39, 0.29) is 23.4 Å². The molecular formula is C32H37NO3S. The molecule has 4 rings (SSSR count). The molecule has 5 heteroatoms. The zero-order valence-electron chi connectivity index (χ0n) is 22.7. The molecule has 0 amide bonds. The number of carbonyl (C=O) groups is 2. The highest BCUT2D eigenvalue weighted by Gasteiger charge is 2.39. The lowest BCUT2D eigenvalue weighted by Crippen LogP contribution is -2.36. The van der Waals surface area contributed by atoms with Crippen molar-refractivity contribution in [1.82, 2.24) is 4.90 Å². The number of benzene rings is 3. The highest BCUT2D eigenvalue weighted by molar-refractivity contribution is 7.98. The van der Waals surface area contributed by atoms with Crippen LogP contribution in [0.15, 0.2) is 71.6 Å². The lowest BCUT2D eigenvalue weighted by Gasteiger charge is -2.27. The number of hydrogen-bond donors (Lipinski definition) is 0. The Hall–Kier alpha value is -2.89. The second kappa shape index (κ2) is 11.2. The second-order valence-electron chi connectivity index (χ2n) is 10.6. The summed E-state index contributed by atoms with van der Waals surface area (Å²) in [5, 5.41) is 0. The number of likely N-dealkylation sites (tertiary alicyclic amines) is 1. The third-order valence-corrected chi connectivity index (χ3v) is 8.22. The number of rotatable bonds is 9. The van der Waals surface area contributed by atoms with E-state index in [9.17, 15) is 9.59 Å². The van der Waals surface area contributed by atoms with Gasteiger partial charge in [0.15, 0.2) is 17.2 Å². The molecule has 1 aliphatic rings. The Morgan fingerprint density at radius 2 is 1.59 bits per heavy atom. The first-order valence-corrected chi connectivity index (χ1v) is 14.1. The maximum Gasteiger partial charge on any atom is 0.172 e. The molecule has 0 aromatic heterocycles. The van der Waals surface area contributed by atoms with E-state index >= 15 is 0 Å². The minimum absolute atomic E-state index is 0.0131. The van der Waals surface area contributed by atoms with Crippen LogP contribution in [0.2, 0.25) is 0 Å². The van der Waals surface area contributed by atoms with Crippen LogP contribution in [0, 0.1) is 19.8 Å². The quantitative estimate of drug-likeness (QED) is 0.230. The first-order valence-electron chi connectivity index (χ1n) is 12.8. The van der Waals surface area contributed by atoms with Gasteiger partial charge in [0, 0.05) is 41.9 Å². The summed E-state index contributed by atoms with van der Waals surface area (Å²) < 4.78 is 6.18. The Balaban J connectivity index is 1.66. The van der Waals surface area contributed by atoms with Crippen molar-refractivity contribution in [3.05, 3.63) is 94.5 Å². The van der Waals surface area contributed by atoms with Gasteiger partial charge in [-0.2, -0.15) is 0 Å². The van der Waals surface area contributed by atoms with Gasteiger partial charge in [-0.3, -0.25) is 14.5 Å². The van der Waals surface area contributed by atoms with Gasteiger partial charge in [-0.1, -0.05) is 54.6 Å². The molecule has 0 N–H and O–H groups in total. The van der Waals surface area contributed by atoms with Crippen molar-refractivity contribution in [2.24, 2.45) is 5.92 Å². The summed E-state index contributed by atoms with van der Waals surface area (Å²) in [6.45, 7) is 11.6. The molecular weight excluding hydrogens is 478 g/mol. The van der Waals surface area contributed by atoms with Crippen LogP contribution in [0.25, 0.3) is 0 Å². The van der Waals surface area contributed by atoms with Gasteiger partial charge in [0.05, 0.1) is 0 Å². The fourth-order valence-electron chi connectivity index (χ4n) is 5.11. The fraction of sp³-hybridized carbons (Fsp3) is 0.375. The first-order chi connectivity index (χ1) is 17.6. The molecule has 3 aromatic carbocycles. The largest absolute Gasteiger partial charge is 0.480 e. The van der Waals surface area contributed by atoms with Crippen LogP contribution >= 0.6 is 11.8 Å². The SMILES string of the molecule is CSc1ccc(C(=O)C2CN(Cc3ccccc3)CC2c2cc(C)c(OC(C)(C)C(C)=O)c(C)c2)cc1. The standard InChI is InChI=1S/C32H37NO3S/c1-21-16-26(17-22(2)31(21)36-32(4,5)23(3)34)28-19-33(18-24-10-8-7-9-11-24)20-29(28)30(35)25-12-14-27(37-6)15-13-25/h7-17,28-29H,18-20H2,1-6H3. The van der Waals surface area contributed by atoms with E-state index in [1.165, 1.54) is 5.56 Å². The molecule has 0 saturated carbocycles. The van der Waals surface area contributed by atoms with Crippen molar-refractivity contribution < 1.29 is 14.3 Å². The molecule has 37 heavy (non-hydrogen) atoms. The molecule has 0 radical (unpaired) electrons. The van der Waals surface area contributed by atoms with Gasteiger partial charge in [0.1, 0.15) is 5.75 Å². The summed E-state index contributed by atoms with van der Waals surface area (Å²) in [4.78, 5) is 29.5. The van der Waals surface area contributed by atoms with Crippen LogP contribution in [-0.4, -0.2) is 41.4 Å². The number of aryl methyl sites for hydroxylation is 2. The molecule has 1 fully saturated rings. The van der Waals surface area contributed by atoms with Crippen LogP contribution in [0.5, 0.6) is 5.75 Å². The average molecular weight is 516 g/mol. The van der Waals surface area contributed by atoms with Crippen LogP contribution in [0.1, 0.15) is 59.3 Å². The molecule has 1 saturated heterocycles. The molecule has 4 nitrogen and oxygen atoms in total. The molecule has 1 heterocycles. The molecule has 0 spiro atoms. The number of ether oxygens (including phenoxy) is 1. The molecule has 1 aliphatic heterocycles. The first kappa shape index (κ1) is 27.2. The number of hydrogen-bond acceptors (Lipinski definition) is 5. The number of carbonyl (C=O) groups excluding carboxylic acids is 2. The van der Waals surface area contributed by atoms with Crippen molar-refractivity contribution in [1.29, 1.82) is 0 Å². The maximum absolute atomic E-state index is 13.8. The van der Waals surface area contributed by atoms with Crippen LogP contribution in [0.3, 0.4) is 0 Å². The van der Waals surface area contributed by atoms with Crippen molar-refractivity contribution in [3.63, 3.8) is 0 Å². The molecule has 194 valence electrons. The summed E-state index contributed by atoms with van der Waals surface area (Å²) in [5.41, 5.74) is 4.26. The van der Waals surface area contributed by atoms with Gasteiger partial charge < -0.3 is 4.74 Å². The smallest absolute Gasteiger partial charge is 0.172 e. The van der Waals surface area contributed by atoms with Gasteiger partial charge in [-0.05, 0) is 75.3 Å². The van der Waals surface area contributed by atoms with E-state index < -0.39 is 5.60 Å². The highest BCUT2D eigenvalue weighted by Crippen LogP contribution is 2.39. The summed E-state index contributed by atoms with van der Waals surface area (Å²) >= 11 is 1.68. The maximum atomic E-state index is 13.8. The third-order valence-electron chi connectivity index (χ3n) is 7.47. The Morgan fingerprint density at radius 1 is 0.973 bits per heavy atom. The second-order valence-corrected chi connectivity index (χ2v) is 11.5. The van der Waals surface area contributed by atoms with Gasteiger partial charge in [0.25, 0.3) is 0 Å². The predicted molar refractivity (Wildman–Crippen MR) is 152 cm³/mol. The van der Waals surface area contributed by atoms with Crippen molar-refractivity contribution >= 4 is 23.3 Å². The normalized spacial score (nSPS) is 18.1. The zero-order valence-corrected chi connectivity index (χ0v) is 23.5. The molecule has 3 aromatic rings. The minimum Gasteiger partial charge on any atom is -0.480 e. The highest BCUT2D eigenvalue weighted by atomic mass is 32.2. The van der Waals surface area contributed by atoms with Gasteiger partial charge in [0.2, 0.25) is 0 Å². The predicted octanol–water partition coefficient (Wildman–Crippen LogP) is 6.87. The average Bonchev–Trinajstić information content (AvgIpc) is 3.30.